The maximum absolute atomic E-state index is 11.2. The van der Waals surface area contributed by atoms with Gasteiger partial charge in [-0.25, -0.2) is 4.98 Å². The van der Waals surface area contributed by atoms with Crippen LogP contribution < -0.4 is 11.1 Å². The van der Waals surface area contributed by atoms with Gasteiger partial charge in [0.25, 0.3) is 5.91 Å². The minimum absolute atomic E-state index is 0.0112. The molecule has 16 heavy (non-hydrogen) atoms. The Labute approximate surface area is 90.6 Å². The smallest absolute Gasteiger partial charge is 0.348 e. The molecule has 0 radical (unpaired) electrons. The first-order valence-electron chi connectivity index (χ1n) is 4.57. The molecule has 1 amide bonds. The first-order valence-corrected chi connectivity index (χ1v) is 6.25. The Morgan fingerprint density at radius 2 is 2.38 bits per heavy atom. The largest absolute Gasteiger partial charge is 0.364 e. The van der Waals surface area contributed by atoms with E-state index >= 15 is 0 Å². The van der Waals surface area contributed by atoms with Crippen LogP contribution in [-0.4, -0.2) is 31.8 Å². The van der Waals surface area contributed by atoms with Crippen LogP contribution in [0.25, 0.3) is 0 Å². The summed E-state index contributed by atoms with van der Waals surface area (Å²) in [5.41, 5.74) is 5.03. The van der Waals surface area contributed by atoms with Gasteiger partial charge in [-0.15, -0.1) is 0 Å². The number of imidazole rings is 1. The van der Waals surface area contributed by atoms with Crippen molar-refractivity contribution in [3.05, 3.63) is 11.9 Å². The third kappa shape index (κ3) is 1.82. The summed E-state index contributed by atoms with van der Waals surface area (Å²) < 4.78 is 12.5. The molecule has 2 rings (SSSR count). The van der Waals surface area contributed by atoms with Crippen LogP contribution in [0.3, 0.4) is 0 Å². The number of rotatable bonds is 2. The average Bonchev–Trinajstić information content (AvgIpc) is 2.58. The van der Waals surface area contributed by atoms with Gasteiger partial charge in [-0.05, 0) is 6.42 Å². The molecule has 1 unspecified atom stereocenters. The zero-order chi connectivity index (χ0) is 11.9. The van der Waals surface area contributed by atoms with E-state index in [1.807, 2.05) is 0 Å². The van der Waals surface area contributed by atoms with Gasteiger partial charge in [-0.3, -0.25) is 9.36 Å². The lowest BCUT2D eigenvalue weighted by molar-refractivity contribution is 0.0996. The molecule has 0 saturated heterocycles. The molecule has 1 aromatic heterocycles. The van der Waals surface area contributed by atoms with Gasteiger partial charge in [-0.2, -0.15) is 0 Å². The molecule has 1 atom stereocenters. The Bertz CT molecular complexity index is 479. The van der Waals surface area contributed by atoms with E-state index in [1.165, 1.54) is 10.8 Å². The second kappa shape index (κ2) is 3.58. The fraction of sp³-hybridized carbons (Fsp3) is 0.429. The molecule has 0 aliphatic carbocycles. The molecule has 9 heteroatoms. The Balaban J connectivity index is 2.46. The molecule has 1 aromatic rings. The molecule has 0 bridgehead atoms. The van der Waals surface area contributed by atoms with E-state index in [-0.39, 0.29) is 18.1 Å². The fourth-order valence-electron chi connectivity index (χ4n) is 1.65. The zero-order valence-corrected chi connectivity index (χ0v) is 9.09. The molecule has 5 N–H and O–H groups in total. The van der Waals surface area contributed by atoms with Crippen molar-refractivity contribution in [2.45, 2.75) is 12.2 Å². The van der Waals surface area contributed by atoms with Gasteiger partial charge in [0.2, 0.25) is 5.95 Å². The number of nitrogens with one attached hydrogen (secondary N) is 1. The summed E-state index contributed by atoms with van der Waals surface area (Å²) in [6, 6.07) is 0. The van der Waals surface area contributed by atoms with Gasteiger partial charge < -0.3 is 25.4 Å². The van der Waals surface area contributed by atoms with Crippen LogP contribution in [0.15, 0.2) is 6.20 Å². The van der Waals surface area contributed by atoms with Gasteiger partial charge in [0, 0.05) is 12.7 Å². The normalized spacial score (nSPS) is 20.0. The molecular formula is C7H11N4O4P. The van der Waals surface area contributed by atoms with Crippen LogP contribution >= 0.6 is 7.60 Å². The van der Waals surface area contributed by atoms with Crippen molar-refractivity contribution < 1.29 is 19.1 Å². The van der Waals surface area contributed by atoms with E-state index in [0.29, 0.717) is 6.54 Å². The van der Waals surface area contributed by atoms with E-state index < -0.39 is 19.3 Å². The summed E-state index contributed by atoms with van der Waals surface area (Å²) in [6.45, 7) is 0.394. The number of anilines is 1. The van der Waals surface area contributed by atoms with Crippen molar-refractivity contribution in [1.82, 2.24) is 9.55 Å². The minimum Gasteiger partial charge on any atom is -0.364 e. The number of fused-ring (bicyclic) bond motifs is 1. The average molecular weight is 246 g/mol. The number of hydrogen-bond acceptors (Lipinski definition) is 4. The number of carbonyl (C=O) groups excluding carboxylic acids is 1. The highest BCUT2D eigenvalue weighted by Gasteiger charge is 2.35. The molecule has 2 heterocycles. The number of nitrogens with zero attached hydrogens (tertiary/aromatic N) is 2. The standard InChI is InChI=1S/C7H11N4O4P/c8-6(12)4-3-11-5(16(13,14)15)1-2-9-7(11)10-4/h3,5H,1-2H2,(H2,8,12)(H,9,10)(H2,13,14,15). The van der Waals surface area contributed by atoms with Crippen LogP contribution in [0.2, 0.25) is 0 Å². The lowest BCUT2D eigenvalue weighted by atomic mass is 10.3. The Morgan fingerprint density at radius 3 is 2.94 bits per heavy atom. The van der Waals surface area contributed by atoms with Crippen LogP contribution in [0.1, 0.15) is 22.7 Å². The highest BCUT2D eigenvalue weighted by molar-refractivity contribution is 7.51. The van der Waals surface area contributed by atoms with Crippen molar-refractivity contribution in [2.75, 3.05) is 11.9 Å². The number of primary amides is 1. The van der Waals surface area contributed by atoms with Gasteiger partial charge in [-0.1, -0.05) is 0 Å². The van der Waals surface area contributed by atoms with Crippen molar-refractivity contribution in [1.29, 1.82) is 0 Å². The number of nitrogens with two attached hydrogens (primary N) is 1. The highest BCUT2D eigenvalue weighted by atomic mass is 31.2. The van der Waals surface area contributed by atoms with E-state index in [9.17, 15) is 9.36 Å². The summed E-state index contributed by atoms with van der Waals surface area (Å²) in [6.07, 6.45) is 1.53. The lowest BCUT2D eigenvalue weighted by Gasteiger charge is -2.26. The van der Waals surface area contributed by atoms with Crippen LogP contribution in [0, 0.1) is 0 Å². The summed E-state index contributed by atoms with van der Waals surface area (Å²) in [5.74, 6) is -1.45. The summed E-state index contributed by atoms with van der Waals surface area (Å²) >= 11 is 0. The molecule has 1 aliphatic heterocycles. The van der Waals surface area contributed by atoms with Crippen molar-refractivity contribution in [3.8, 4) is 0 Å². The topological polar surface area (TPSA) is 130 Å². The molecule has 0 spiro atoms. The minimum atomic E-state index is -4.26. The molecule has 0 fully saturated rings. The van der Waals surface area contributed by atoms with E-state index in [1.54, 1.807) is 0 Å². The monoisotopic (exact) mass is 246 g/mol. The molecular weight excluding hydrogens is 235 g/mol. The van der Waals surface area contributed by atoms with Gasteiger partial charge in [0.1, 0.15) is 11.5 Å². The Morgan fingerprint density at radius 1 is 1.69 bits per heavy atom. The SMILES string of the molecule is NC(=O)c1cn2c(n1)NCCC2P(=O)(O)O. The fourth-order valence-corrected chi connectivity index (χ4v) is 2.62. The predicted molar refractivity (Wildman–Crippen MR) is 54.9 cm³/mol. The number of amides is 1. The van der Waals surface area contributed by atoms with Crippen LogP contribution in [0.5, 0.6) is 0 Å². The number of hydrogen-bond donors (Lipinski definition) is 4. The predicted octanol–water partition coefficient (Wildman–Crippen LogP) is -0.526. The lowest BCUT2D eigenvalue weighted by Crippen LogP contribution is -2.22. The van der Waals surface area contributed by atoms with Gasteiger partial charge in [0.15, 0.2) is 0 Å². The van der Waals surface area contributed by atoms with Crippen molar-refractivity contribution in [3.63, 3.8) is 0 Å². The molecule has 1 aliphatic rings. The van der Waals surface area contributed by atoms with Crippen molar-refractivity contribution >= 4 is 19.5 Å². The third-order valence-corrected chi connectivity index (χ3v) is 3.66. The van der Waals surface area contributed by atoms with E-state index in [4.69, 9.17) is 15.5 Å². The van der Waals surface area contributed by atoms with Crippen LogP contribution in [0.4, 0.5) is 5.95 Å². The maximum atomic E-state index is 11.2. The van der Waals surface area contributed by atoms with Gasteiger partial charge in [0.05, 0.1) is 0 Å². The summed E-state index contributed by atoms with van der Waals surface area (Å²) in [7, 11) is -4.26. The number of carbonyl (C=O) groups is 1. The first kappa shape index (κ1) is 11.1. The first-order chi connectivity index (χ1) is 7.39. The third-order valence-electron chi connectivity index (χ3n) is 2.38. The van der Waals surface area contributed by atoms with E-state index in [0.717, 1.165) is 0 Å². The maximum Gasteiger partial charge on any atom is 0.348 e. The second-order valence-electron chi connectivity index (χ2n) is 3.51. The molecule has 0 aromatic carbocycles. The highest BCUT2D eigenvalue weighted by Crippen LogP contribution is 2.52. The molecule has 88 valence electrons. The van der Waals surface area contributed by atoms with Gasteiger partial charge >= 0.3 is 7.60 Å². The van der Waals surface area contributed by atoms with Crippen LogP contribution in [-0.2, 0) is 4.57 Å². The molecule has 8 nitrogen and oxygen atoms in total. The number of aromatic nitrogens is 2. The Hall–Kier alpha value is -1.37. The van der Waals surface area contributed by atoms with Crippen molar-refractivity contribution in [2.24, 2.45) is 5.73 Å². The zero-order valence-electron chi connectivity index (χ0n) is 8.20. The second-order valence-corrected chi connectivity index (χ2v) is 5.28. The Kier molecular flexibility index (Phi) is 2.49. The summed E-state index contributed by atoms with van der Waals surface area (Å²) in [5, 5.41) is 2.84. The van der Waals surface area contributed by atoms with E-state index in [2.05, 4.69) is 10.3 Å². The summed E-state index contributed by atoms with van der Waals surface area (Å²) in [4.78, 5) is 33.1. The molecule has 0 saturated carbocycles. The quantitative estimate of drug-likeness (QED) is 0.519.